The summed E-state index contributed by atoms with van der Waals surface area (Å²) in [6.07, 6.45) is 5.52. The fourth-order valence-corrected chi connectivity index (χ4v) is 5.22. The van der Waals surface area contributed by atoms with Gasteiger partial charge in [-0.15, -0.1) is 23.7 Å². The molecular formula is C21H26ClN3O2S. The van der Waals surface area contributed by atoms with Crippen molar-refractivity contribution >= 4 is 41.2 Å². The minimum atomic E-state index is -0.154. The lowest BCUT2D eigenvalue weighted by molar-refractivity contribution is 0.0756. The molecule has 2 amide bonds. The van der Waals surface area contributed by atoms with Gasteiger partial charge in [0, 0.05) is 23.3 Å². The van der Waals surface area contributed by atoms with E-state index in [1.807, 2.05) is 11.4 Å². The van der Waals surface area contributed by atoms with Gasteiger partial charge in [0.05, 0.1) is 4.88 Å². The number of halogens is 1. The lowest BCUT2D eigenvalue weighted by Crippen LogP contribution is -2.53. The van der Waals surface area contributed by atoms with E-state index in [4.69, 9.17) is 5.73 Å². The number of amides is 2. The van der Waals surface area contributed by atoms with Crippen LogP contribution in [0.15, 0.2) is 41.8 Å². The van der Waals surface area contributed by atoms with Gasteiger partial charge in [0.25, 0.3) is 11.8 Å². The van der Waals surface area contributed by atoms with Gasteiger partial charge in [0.15, 0.2) is 0 Å². The zero-order chi connectivity index (χ0) is 18.8. The fourth-order valence-electron chi connectivity index (χ4n) is 4.60. The zero-order valence-electron chi connectivity index (χ0n) is 15.6. The topological polar surface area (TPSA) is 84.2 Å². The number of hydrogen-bond donors (Lipinski definition) is 3. The third-order valence-corrected chi connectivity index (χ3v) is 6.67. The van der Waals surface area contributed by atoms with Crippen LogP contribution in [0.2, 0.25) is 0 Å². The number of fused-ring (bicyclic) bond motifs is 2. The Morgan fingerprint density at radius 1 is 1.04 bits per heavy atom. The summed E-state index contributed by atoms with van der Waals surface area (Å²) in [5.41, 5.74) is 7.39. The van der Waals surface area contributed by atoms with Crippen molar-refractivity contribution in [2.45, 2.75) is 44.2 Å². The van der Waals surface area contributed by atoms with E-state index in [9.17, 15) is 9.59 Å². The average Bonchev–Trinajstić information content (AvgIpc) is 3.17. The summed E-state index contributed by atoms with van der Waals surface area (Å²) in [4.78, 5) is 25.7. The van der Waals surface area contributed by atoms with Crippen LogP contribution >= 0.6 is 23.7 Å². The molecule has 1 aromatic heterocycles. The number of carbonyl (C=O) groups is 2. The van der Waals surface area contributed by atoms with Crippen molar-refractivity contribution < 1.29 is 9.59 Å². The Morgan fingerprint density at radius 3 is 2.46 bits per heavy atom. The molecule has 1 aromatic carbocycles. The van der Waals surface area contributed by atoms with Crippen molar-refractivity contribution in [1.82, 2.24) is 5.32 Å². The van der Waals surface area contributed by atoms with Crippen molar-refractivity contribution in [2.24, 2.45) is 17.6 Å². The largest absolute Gasteiger partial charge is 0.349 e. The number of nitrogens with two attached hydrogens (primary N) is 1. The third-order valence-electron chi connectivity index (χ3n) is 5.80. The van der Waals surface area contributed by atoms with Crippen LogP contribution in [-0.2, 0) is 0 Å². The van der Waals surface area contributed by atoms with Crippen LogP contribution in [0.25, 0.3) is 0 Å². The third kappa shape index (κ3) is 4.57. The van der Waals surface area contributed by atoms with Crippen LogP contribution in [-0.4, -0.2) is 23.9 Å². The summed E-state index contributed by atoms with van der Waals surface area (Å²) < 4.78 is 0. The first-order valence-electron chi connectivity index (χ1n) is 9.61. The highest BCUT2D eigenvalue weighted by molar-refractivity contribution is 7.12. The lowest BCUT2D eigenvalue weighted by atomic mass is 9.67. The summed E-state index contributed by atoms with van der Waals surface area (Å²) >= 11 is 1.39. The van der Waals surface area contributed by atoms with Gasteiger partial charge in [-0.1, -0.05) is 18.6 Å². The molecule has 150 valence electrons. The highest BCUT2D eigenvalue weighted by atomic mass is 35.5. The molecule has 2 aliphatic carbocycles. The first kappa shape index (κ1) is 20.8. The molecule has 2 bridgehead atoms. The second kappa shape index (κ2) is 9.07. The Labute approximate surface area is 175 Å². The Hall–Kier alpha value is -1.89. The maximum Gasteiger partial charge on any atom is 0.265 e. The molecular weight excluding hydrogens is 394 g/mol. The number of hydrogen-bond acceptors (Lipinski definition) is 4. The number of rotatable bonds is 4. The van der Waals surface area contributed by atoms with Gasteiger partial charge in [-0.05, 0) is 67.2 Å². The van der Waals surface area contributed by atoms with Crippen molar-refractivity contribution in [3.05, 3.63) is 52.2 Å². The molecule has 0 aliphatic heterocycles. The molecule has 2 saturated carbocycles. The summed E-state index contributed by atoms with van der Waals surface area (Å²) in [6, 6.07) is 11.2. The highest BCUT2D eigenvalue weighted by Crippen LogP contribution is 2.39. The smallest absolute Gasteiger partial charge is 0.265 e. The molecule has 0 spiro atoms. The molecule has 2 fully saturated rings. The molecule has 28 heavy (non-hydrogen) atoms. The minimum Gasteiger partial charge on any atom is -0.349 e. The lowest BCUT2D eigenvalue weighted by Gasteiger charge is -2.45. The van der Waals surface area contributed by atoms with E-state index in [1.165, 1.54) is 17.8 Å². The van der Waals surface area contributed by atoms with Gasteiger partial charge in [-0.3, -0.25) is 9.59 Å². The van der Waals surface area contributed by atoms with Crippen molar-refractivity contribution in [3.8, 4) is 0 Å². The molecule has 7 heteroatoms. The molecule has 2 aliphatic rings. The predicted octanol–water partition coefficient (Wildman–Crippen LogP) is 4.06. The van der Waals surface area contributed by atoms with Crippen LogP contribution in [0.3, 0.4) is 0 Å². The maximum absolute atomic E-state index is 12.8. The van der Waals surface area contributed by atoms with E-state index < -0.39 is 0 Å². The molecule has 4 N–H and O–H groups in total. The van der Waals surface area contributed by atoms with E-state index in [1.54, 1.807) is 30.3 Å². The molecule has 1 heterocycles. The van der Waals surface area contributed by atoms with Crippen LogP contribution in [0.5, 0.6) is 0 Å². The highest BCUT2D eigenvalue weighted by Gasteiger charge is 2.39. The Bertz CT molecular complexity index is 813. The van der Waals surface area contributed by atoms with Gasteiger partial charge in [0.1, 0.15) is 0 Å². The molecule has 5 nitrogen and oxygen atoms in total. The van der Waals surface area contributed by atoms with Crippen molar-refractivity contribution in [2.75, 3.05) is 5.32 Å². The monoisotopic (exact) mass is 419 g/mol. The average molecular weight is 420 g/mol. The molecule has 2 aromatic rings. The SMILES string of the molecule is Cl.NC1CC2CCCC(C1)C2NC(=O)c1cccc(NC(=O)c2cccs2)c1. The fraction of sp³-hybridized carbons (Fsp3) is 0.429. The van der Waals surface area contributed by atoms with Gasteiger partial charge in [-0.2, -0.15) is 0 Å². The molecule has 2 unspecified atom stereocenters. The number of carbonyl (C=O) groups excluding carboxylic acids is 2. The normalized spacial score (nSPS) is 26.0. The van der Waals surface area contributed by atoms with Crippen LogP contribution < -0.4 is 16.4 Å². The predicted molar refractivity (Wildman–Crippen MR) is 115 cm³/mol. The van der Waals surface area contributed by atoms with Gasteiger partial charge in [-0.25, -0.2) is 0 Å². The number of thiophene rings is 1. The summed E-state index contributed by atoms with van der Waals surface area (Å²) in [5.74, 6) is 0.745. The van der Waals surface area contributed by atoms with E-state index in [2.05, 4.69) is 10.6 Å². The maximum atomic E-state index is 12.8. The van der Waals surface area contributed by atoms with Gasteiger partial charge >= 0.3 is 0 Å². The molecule has 0 radical (unpaired) electrons. The quantitative estimate of drug-likeness (QED) is 0.698. The van der Waals surface area contributed by atoms with Crippen molar-refractivity contribution in [3.63, 3.8) is 0 Å². The first-order chi connectivity index (χ1) is 13.1. The van der Waals surface area contributed by atoms with Gasteiger partial charge < -0.3 is 16.4 Å². The minimum absolute atomic E-state index is 0. The van der Waals surface area contributed by atoms with E-state index in [-0.39, 0.29) is 36.3 Å². The Morgan fingerprint density at radius 2 is 1.79 bits per heavy atom. The molecule has 4 rings (SSSR count). The van der Waals surface area contributed by atoms with Crippen LogP contribution in [0, 0.1) is 11.8 Å². The Balaban J connectivity index is 0.00000225. The van der Waals surface area contributed by atoms with Gasteiger partial charge in [0.2, 0.25) is 0 Å². The van der Waals surface area contributed by atoms with E-state index in [0.29, 0.717) is 28.0 Å². The Kier molecular flexibility index (Phi) is 6.75. The first-order valence-corrected chi connectivity index (χ1v) is 10.5. The standard InChI is InChI=1S/C21H25N3O2S.ClH/c22-16-10-13-4-1-5-14(11-16)19(13)24-20(25)15-6-2-7-17(12-15)23-21(26)18-8-3-9-27-18;/h2-3,6-9,12-14,16,19H,1,4-5,10-11,22H2,(H,23,26)(H,24,25);1H. The summed E-state index contributed by atoms with van der Waals surface area (Å²) in [7, 11) is 0. The number of nitrogens with one attached hydrogen (secondary N) is 2. The van der Waals surface area contributed by atoms with Crippen LogP contribution in [0.4, 0.5) is 5.69 Å². The van der Waals surface area contributed by atoms with E-state index >= 15 is 0 Å². The second-order valence-corrected chi connectivity index (χ2v) is 8.64. The number of anilines is 1. The molecule has 0 saturated heterocycles. The van der Waals surface area contributed by atoms with Crippen LogP contribution in [0.1, 0.15) is 52.1 Å². The zero-order valence-corrected chi connectivity index (χ0v) is 17.2. The summed E-state index contributed by atoms with van der Waals surface area (Å²) in [5, 5.41) is 7.99. The van der Waals surface area contributed by atoms with E-state index in [0.717, 1.165) is 25.7 Å². The summed E-state index contributed by atoms with van der Waals surface area (Å²) in [6.45, 7) is 0. The van der Waals surface area contributed by atoms with Crippen molar-refractivity contribution in [1.29, 1.82) is 0 Å². The number of benzene rings is 1. The molecule has 2 atom stereocenters. The second-order valence-electron chi connectivity index (χ2n) is 7.69.